The van der Waals surface area contributed by atoms with Gasteiger partial charge in [0, 0.05) is 24.2 Å². The molecule has 2 atom stereocenters. The van der Waals surface area contributed by atoms with Crippen LogP contribution in [0.5, 0.6) is 0 Å². The Morgan fingerprint density at radius 1 is 1.56 bits per heavy atom. The fourth-order valence-corrected chi connectivity index (χ4v) is 2.54. The van der Waals surface area contributed by atoms with E-state index in [1.165, 1.54) is 12.0 Å². The summed E-state index contributed by atoms with van der Waals surface area (Å²) >= 11 is 5.97. The summed E-state index contributed by atoms with van der Waals surface area (Å²) in [6, 6.07) is 8.41. The molecule has 1 heterocycles. The summed E-state index contributed by atoms with van der Waals surface area (Å²) in [4.78, 5) is 2.46. The predicted molar refractivity (Wildman–Crippen MR) is 68.5 cm³/mol. The summed E-state index contributed by atoms with van der Waals surface area (Å²) in [6.07, 6.45) is 1.22. The molecule has 1 aromatic carbocycles. The van der Waals surface area contributed by atoms with Gasteiger partial charge in [0.2, 0.25) is 0 Å². The third-order valence-electron chi connectivity index (χ3n) is 3.35. The number of likely N-dealkylation sites (tertiary alicyclic amines) is 1. The van der Waals surface area contributed by atoms with E-state index in [-0.39, 0.29) is 0 Å². The molecule has 2 unspecified atom stereocenters. The number of benzene rings is 1. The van der Waals surface area contributed by atoms with Crippen LogP contribution in [0.25, 0.3) is 0 Å². The van der Waals surface area contributed by atoms with Gasteiger partial charge in [-0.05, 0) is 43.5 Å². The Morgan fingerprint density at radius 3 is 3.00 bits per heavy atom. The molecule has 2 N–H and O–H groups in total. The molecule has 16 heavy (non-hydrogen) atoms. The van der Waals surface area contributed by atoms with Crippen LogP contribution in [-0.4, -0.2) is 24.0 Å². The van der Waals surface area contributed by atoms with Crippen molar-refractivity contribution in [1.29, 1.82) is 0 Å². The number of rotatable bonds is 3. The Hall–Kier alpha value is -0.570. The molecule has 2 rings (SSSR count). The third kappa shape index (κ3) is 2.97. The first-order chi connectivity index (χ1) is 7.65. The predicted octanol–water partition coefficient (Wildman–Crippen LogP) is 2.51. The molecule has 1 fully saturated rings. The number of nitrogens with zero attached hydrogens (tertiary/aromatic N) is 1. The maximum atomic E-state index is 5.97. The molecule has 88 valence electrons. The van der Waals surface area contributed by atoms with Crippen LogP contribution in [0, 0.1) is 5.92 Å². The molecule has 0 saturated carbocycles. The van der Waals surface area contributed by atoms with Crippen molar-refractivity contribution in [3.63, 3.8) is 0 Å². The van der Waals surface area contributed by atoms with E-state index in [0.29, 0.717) is 12.0 Å². The van der Waals surface area contributed by atoms with Crippen molar-refractivity contribution in [2.45, 2.75) is 25.9 Å². The van der Waals surface area contributed by atoms with E-state index in [9.17, 15) is 0 Å². The van der Waals surface area contributed by atoms with Gasteiger partial charge in [-0.2, -0.15) is 0 Å². The van der Waals surface area contributed by atoms with E-state index in [1.807, 2.05) is 18.2 Å². The molecule has 0 aliphatic carbocycles. The van der Waals surface area contributed by atoms with Crippen molar-refractivity contribution in [1.82, 2.24) is 4.90 Å². The maximum absolute atomic E-state index is 5.97. The van der Waals surface area contributed by atoms with Gasteiger partial charge in [-0.15, -0.1) is 0 Å². The molecule has 0 radical (unpaired) electrons. The highest BCUT2D eigenvalue weighted by Gasteiger charge is 2.24. The second-order valence-corrected chi connectivity index (χ2v) is 5.21. The third-order valence-corrected chi connectivity index (χ3v) is 3.58. The minimum Gasteiger partial charge on any atom is -0.328 e. The largest absolute Gasteiger partial charge is 0.328 e. The van der Waals surface area contributed by atoms with Gasteiger partial charge >= 0.3 is 0 Å². The normalized spacial score (nSPS) is 23.6. The standard InChI is InChI=1S/C13H19ClN2/c1-10(15)12-5-6-16(9-12)8-11-3-2-4-13(14)7-11/h2-4,7,10,12H,5-6,8-9,15H2,1H3. The maximum Gasteiger partial charge on any atom is 0.0409 e. The van der Waals surface area contributed by atoms with Gasteiger partial charge in [-0.1, -0.05) is 23.7 Å². The van der Waals surface area contributed by atoms with Crippen LogP contribution in [0.4, 0.5) is 0 Å². The minimum atomic E-state index is 0.310. The summed E-state index contributed by atoms with van der Waals surface area (Å²) in [7, 11) is 0. The van der Waals surface area contributed by atoms with E-state index >= 15 is 0 Å². The molecule has 0 spiro atoms. The Labute approximate surface area is 102 Å². The number of hydrogen-bond donors (Lipinski definition) is 1. The SMILES string of the molecule is CC(N)C1CCN(Cc2cccc(Cl)c2)C1. The molecule has 0 amide bonds. The molecule has 1 aliphatic heterocycles. The monoisotopic (exact) mass is 238 g/mol. The Bertz CT molecular complexity index is 352. The van der Waals surface area contributed by atoms with E-state index in [4.69, 9.17) is 17.3 Å². The first-order valence-electron chi connectivity index (χ1n) is 5.87. The quantitative estimate of drug-likeness (QED) is 0.877. The summed E-state index contributed by atoms with van der Waals surface area (Å²) in [5.41, 5.74) is 7.22. The summed E-state index contributed by atoms with van der Waals surface area (Å²) < 4.78 is 0. The Balaban J connectivity index is 1.92. The molecule has 1 saturated heterocycles. The zero-order valence-electron chi connectivity index (χ0n) is 9.70. The molecule has 0 aromatic heterocycles. The molecule has 3 heteroatoms. The topological polar surface area (TPSA) is 29.3 Å². The number of hydrogen-bond acceptors (Lipinski definition) is 2. The zero-order valence-corrected chi connectivity index (χ0v) is 10.5. The average molecular weight is 239 g/mol. The van der Waals surface area contributed by atoms with Crippen LogP contribution in [0.3, 0.4) is 0 Å². The lowest BCUT2D eigenvalue weighted by Crippen LogP contribution is -2.29. The van der Waals surface area contributed by atoms with Crippen molar-refractivity contribution in [3.05, 3.63) is 34.9 Å². The fourth-order valence-electron chi connectivity index (χ4n) is 2.33. The highest BCUT2D eigenvalue weighted by atomic mass is 35.5. The van der Waals surface area contributed by atoms with Gasteiger partial charge in [-0.3, -0.25) is 4.90 Å². The average Bonchev–Trinajstić information content (AvgIpc) is 2.66. The van der Waals surface area contributed by atoms with Crippen LogP contribution < -0.4 is 5.73 Å². The fraction of sp³-hybridized carbons (Fsp3) is 0.538. The lowest BCUT2D eigenvalue weighted by atomic mass is 10.0. The van der Waals surface area contributed by atoms with Gasteiger partial charge in [0.15, 0.2) is 0 Å². The van der Waals surface area contributed by atoms with Crippen LogP contribution in [0.2, 0.25) is 5.02 Å². The van der Waals surface area contributed by atoms with Crippen molar-refractivity contribution in [2.75, 3.05) is 13.1 Å². The van der Waals surface area contributed by atoms with Gasteiger partial charge in [0.1, 0.15) is 0 Å². The van der Waals surface area contributed by atoms with E-state index in [1.54, 1.807) is 0 Å². The lowest BCUT2D eigenvalue weighted by Gasteiger charge is -2.17. The van der Waals surface area contributed by atoms with Gasteiger partial charge in [0.25, 0.3) is 0 Å². The van der Waals surface area contributed by atoms with E-state index in [2.05, 4.69) is 17.9 Å². The second kappa shape index (κ2) is 5.17. The van der Waals surface area contributed by atoms with Gasteiger partial charge < -0.3 is 5.73 Å². The Morgan fingerprint density at radius 2 is 2.38 bits per heavy atom. The first kappa shape index (κ1) is 11.9. The van der Waals surface area contributed by atoms with Crippen LogP contribution in [0.15, 0.2) is 24.3 Å². The highest BCUT2D eigenvalue weighted by Crippen LogP contribution is 2.21. The van der Waals surface area contributed by atoms with Crippen LogP contribution in [-0.2, 0) is 6.54 Å². The molecular formula is C13H19ClN2. The summed E-state index contributed by atoms with van der Waals surface area (Å²) in [5.74, 6) is 0.652. The molecular weight excluding hydrogens is 220 g/mol. The zero-order chi connectivity index (χ0) is 11.5. The van der Waals surface area contributed by atoms with Gasteiger partial charge in [0.05, 0.1) is 0 Å². The number of halogens is 1. The van der Waals surface area contributed by atoms with Crippen LogP contribution in [0.1, 0.15) is 18.9 Å². The molecule has 1 aliphatic rings. The van der Waals surface area contributed by atoms with Crippen molar-refractivity contribution in [3.8, 4) is 0 Å². The molecule has 1 aromatic rings. The van der Waals surface area contributed by atoms with Crippen LogP contribution >= 0.6 is 11.6 Å². The molecule has 2 nitrogen and oxygen atoms in total. The minimum absolute atomic E-state index is 0.310. The van der Waals surface area contributed by atoms with Crippen molar-refractivity contribution in [2.24, 2.45) is 11.7 Å². The van der Waals surface area contributed by atoms with Crippen molar-refractivity contribution < 1.29 is 0 Å². The number of nitrogens with two attached hydrogens (primary N) is 1. The lowest BCUT2D eigenvalue weighted by molar-refractivity contribution is 0.308. The molecule has 0 bridgehead atoms. The van der Waals surface area contributed by atoms with Crippen molar-refractivity contribution >= 4 is 11.6 Å². The van der Waals surface area contributed by atoms with Gasteiger partial charge in [-0.25, -0.2) is 0 Å². The van der Waals surface area contributed by atoms with E-state index in [0.717, 1.165) is 24.7 Å². The summed E-state index contributed by atoms with van der Waals surface area (Å²) in [5, 5.41) is 0.820. The second-order valence-electron chi connectivity index (χ2n) is 4.77. The summed E-state index contributed by atoms with van der Waals surface area (Å²) in [6.45, 7) is 5.36. The first-order valence-corrected chi connectivity index (χ1v) is 6.25. The Kier molecular flexibility index (Phi) is 3.85. The smallest absolute Gasteiger partial charge is 0.0409 e. The van der Waals surface area contributed by atoms with E-state index < -0.39 is 0 Å². The highest BCUT2D eigenvalue weighted by molar-refractivity contribution is 6.30.